The normalized spacial score (nSPS) is 13.4. The summed E-state index contributed by atoms with van der Waals surface area (Å²) in [7, 11) is -10.9. The molecule has 186 valence electrons. The van der Waals surface area contributed by atoms with Crippen LogP contribution in [0.2, 0.25) is 10.0 Å². The number of hydrogen-bond acceptors (Lipinski definition) is 1. The van der Waals surface area contributed by atoms with Gasteiger partial charge in [0.25, 0.3) is 0 Å². The third-order valence-corrected chi connectivity index (χ3v) is 7.89. The predicted molar refractivity (Wildman–Crippen MR) is 136 cm³/mol. The van der Waals surface area contributed by atoms with Gasteiger partial charge in [-0.2, -0.15) is 0 Å². The Morgan fingerprint density at radius 3 is 1.17 bits per heavy atom. The molecule has 0 saturated heterocycles. The first kappa shape index (κ1) is 27.8. The summed E-state index contributed by atoms with van der Waals surface area (Å²) in [5, 5.41) is 1.50. The van der Waals surface area contributed by atoms with E-state index in [9.17, 15) is 25.2 Å². The second kappa shape index (κ2) is 10.3. The molecule has 0 nitrogen and oxygen atoms in total. The summed E-state index contributed by atoms with van der Waals surface area (Å²) in [6, 6.07) is 35.5. The molecule has 11 heteroatoms. The van der Waals surface area contributed by atoms with Gasteiger partial charge in [0.1, 0.15) is 0 Å². The molecule has 0 amide bonds. The molecule has 0 radical (unpaired) electrons. The van der Waals surface area contributed by atoms with Gasteiger partial charge >= 0.3 is 33.0 Å². The van der Waals surface area contributed by atoms with E-state index in [0.717, 1.165) is 10.0 Å². The minimum atomic E-state index is -10.7. The zero-order valence-electron chi connectivity index (χ0n) is 17.6. The van der Waals surface area contributed by atoms with E-state index in [-0.39, 0.29) is 10.9 Å². The first-order valence-electron chi connectivity index (χ1n) is 9.79. The van der Waals surface area contributed by atoms with E-state index in [0.29, 0.717) is 0 Å². The van der Waals surface area contributed by atoms with Crippen LogP contribution < -0.4 is 0 Å². The molecule has 0 bridgehead atoms. The number of halogens is 8. The fourth-order valence-corrected chi connectivity index (χ4v) is 5.95. The van der Waals surface area contributed by atoms with Gasteiger partial charge in [0.15, 0.2) is 14.7 Å². The van der Waals surface area contributed by atoms with Crippen LogP contribution in [0.5, 0.6) is 0 Å². The predicted octanol–water partition coefficient (Wildman–Crippen LogP) is 11.6. The van der Waals surface area contributed by atoms with Crippen LogP contribution in [0.15, 0.2) is 128 Å². The summed E-state index contributed by atoms with van der Waals surface area (Å²) in [4.78, 5) is 6.20. The van der Waals surface area contributed by atoms with Crippen LogP contribution in [-0.4, -0.2) is 0 Å². The van der Waals surface area contributed by atoms with Crippen molar-refractivity contribution in [1.29, 1.82) is 0 Å². The van der Waals surface area contributed by atoms with Crippen LogP contribution in [0.1, 0.15) is 0 Å². The van der Waals surface area contributed by atoms with Crippen LogP contribution in [0.4, 0.5) is 25.2 Å². The Morgan fingerprint density at radius 1 is 0.486 bits per heavy atom. The molecule has 35 heavy (non-hydrogen) atoms. The molecule has 0 aliphatic heterocycles. The summed E-state index contributed by atoms with van der Waals surface area (Å²) in [6.07, 6.45) is 0. The molecule has 0 unspecified atom stereocenters. The zero-order chi connectivity index (χ0) is 25.8. The Balaban J connectivity index is 0.000000429. The molecular formula is C24H17Cl2F6PS2. The average Bonchev–Trinajstić information content (AvgIpc) is 2.76. The molecule has 0 atom stereocenters. The van der Waals surface area contributed by atoms with E-state index in [1.165, 1.54) is 24.5 Å². The molecule has 0 aromatic heterocycles. The van der Waals surface area contributed by atoms with Gasteiger partial charge in [0.2, 0.25) is 0 Å². The molecule has 0 aliphatic carbocycles. The molecule has 4 aromatic rings. The second-order valence-electron chi connectivity index (χ2n) is 7.06. The summed E-state index contributed by atoms with van der Waals surface area (Å²) < 4.78 is 59.2. The van der Waals surface area contributed by atoms with Crippen molar-refractivity contribution >= 4 is 53.7 Å². The van der Waals surface area contributed by atoms with Crippen molar-refractivity contribution in [3.8, 4) is 0 Å². The molecule has 4 rings (SSSR count). The maximum atomic E-state index is 9.87. The third-order valence-electron chi connectivity index (χ3n) is 4.14. The van der Waals surface area contributed by atoms with Crippen molar-refractivity contribution in [2.45, 2.75) is 24.5 Å². The van der Waals surface area contributed by atoms with Crippen molar-refractivity contribution in [1.82, 2.24) is 0 Å². The topological polar surface area (TPSA) is 0 Å². The van der Waals surface area contributed by atoms with Gasteiger partial charge in [0.05, 0.1) is 10.9 Å². The van der Waals surface area contributed by atoms with Crippen LogP contribution in [-0.2, 0) is 10.9 Å². The average molecular weight is 585 g/mol. The molecular weight excluding hydrogens is 568 g/mol. The van der Waals surface area contributed by atoms with Gasteiger partial charge in [0, 0.05) is 19.8 Å². The summed E-state index contributed by atoms with van der Waals surface area (Å²) in [5.74, 6) is 0. The maximum absolute atomic E-state index is 10.7. The van der Waals surface area contributed by atoms with Crippen molar-refractivity contribution in [3.63, 3.8) is 0 Å². The number of rotatable bonds is 5. The van der Waals surface area contributed by atoms with E-state index >= 15 is 0 Å². The standard InChI is InChI=1S/C24H17Cl2S2.F6P/c25-18-6-12-22(13-7-18)28(23-14-8-19(26)9-15-23)24-16-10-21(11-17-24)27-20-4-2-1-3-5-20;1-7(2,3,4,5)6/h1-17H;/q+1;-1. The van der Waals surface area contributed by atoms with Crippen LogP contribution in [0.25, 0.3) is 0 Å². The van der Waals surface area contributed by atoms with Crippen molar-refractivity contribution in [3.05, 3.63) is 113 Å². The van der Waals surface area contributed by atoms with Gasteiger partial charge in [-0.1, -0.05) is 53.2 Å². The van der Waals surface area contributed by atoms with Crippen molar-refractivity contribution in [2.75, 3.05) is 0 Å². The van der Waals surface area contributed by atoms with Crippen molar-refractivity contribution < 1.29 is 25.2 Å². The summed E-state index contributed by atoms with van der Waals surface area (Å²) in [6.45, 7) is 0. The van der Waals surface area contributed by atoms with Gasteiger partial charge in [-0.05, 0) is 84.9 Å². The molecule has 0 saturated carbocycles. The first-order chi connectivity index (χ1) is 16.1. The molecule has 0 fully saturated rings. The fourth-order valence-electron chi connectivity index (χ4n) is 2.82. The van der Waals surface area contributed by atoms with E-state index in [1.807, 2.05) is 30.3 Å². The van der Waals surface area contributed by atoms with E-state index in [2.05, 4.69) is 72.8 Å². The minimum absolute atomic E-state index is 0.212. The van der Waals surface area contributed by atoms with Crippen LogP contribution in [0.3, 0.4) is 0 Å². The Hall–Kier alpha value is -1.83. The fraction of sp³-hybridized carbons (Fsp3) is 0. The van der Waals surface area contributed by atoms with Gasteiger partial charge in [-0.3, -0.25) is 0 Å². The Labute approximate surface area is 215 Å². The SMILES string of the molecule is Clc1ccc([S+](c2ccc(Cl)cc2)c2ccc(Sc3ccccc3)cc2)cc1.F[P-](F)(F)(F)(F)F. The van der Waals surface area contributed by atoms with Gasteiger partial charge < -0.3 is 0 Å². The Bertz CT molecular complexity index is 1190. The van der Waals surface area contributed by atoms with Crippen molar-refractivity contribution in [2.24, 2.45) is 0 Å². The van der Waals surface area contributed by atoms with Gasteiger partial charge in [-0.25, -0.2) is 0 Å². The van der Waals surface area contributed by atoms with Crippen LogP contribution >= 0.6 is 42.8 Å². The Morgan fingerprint density at radius 2 is 0.800 bits per heavy atom. The molecule has 0 N–H and O–H groups in total. The van der Waals surface area contributed by atoms with Gasteiger partial charge in [-0.15, -0.1) is 0 Å². The monoisotopic (exact) mass is 584 g/mol. The molecule has 0 heterocycles. The van der Waals surface area contributed by atoms with Crippen LogP contribution in [0, 0.1) is 0 Å². The molecule has 0 spiro atoms. The summed E-state index contributed by atoms with van der Waals surface area (Å²) >= 11 is 14.0. The second-order valence-corrected chi connectivity index (χ2v) is 13.0. The number of hydrogen-bond donors (Lipinski definition) is 0. The van der Waals surface area contributed by atoms with E-state index in [1.54, 1.807) is 11.8 Å². The number of benzene rings is 4. The molecule has 4 aromatic carbocycles. The summed E-state index contributed by atoms with van der Waals surface area (Å²) in [5.41, 5.74) is 0. The quantitative estimate of drug-likeness (QED) is 0.128. The zero-order valence-corrected chi connectivity index (χ0v) is 21.6. The first-order valence-corrected chi connectivity index (χ1v) is 14.6. The molecule has 0 aliphatic rings. The van der Waals surface area contributed by atoms with E-state index in [4.69, 9.17) is 23.2 Å². The third kappa shape index (κ3) is 10.8. The van der Waals surface area contributed by atoms with E-state index < -0.39 is 7.81 Å². The Kier molecular flexibility index (Phi) is 8.14.